The summed E-state index contributed by atoms with van der Waals surface area (Å²) in [6, 6.07) is 7.75. The van der Waals surface area contributed by atoms with E-state index >= 15 is 0 Å². The Morgan fingerprint density at radius 3 is 2.64 bits per heavy atom. The van der Waals surface area contributed by atoms with Crippen molar-refractivity contribution in [2.45, 2.75) is 51.0 Å². The number of aromatic nitrogens is 3. The van der Waals surface area contributed by atoms with Gasteiger partial charge in [-0.2, -0.15) is 0 Å². The lowest BCUT2D eigenvalue weighted by atomic mass is 9.75. The Balaban J connectivity index is 1.13. The van der Waals surface area contributed by atoms with Crippen LogP contribution in [0, 0.1) is 19.8 Å². The van der Waals surface area contributed by atoms with Crippen LogP contribution in [0.4, 0.5) is 10.8 Å². The third kappa shape index (κ3) is 4.63. The molecule has 0 bridgehead atoms. The van der Waals surface area contributed by atoms with Crippen molar-refractivity contribution in [3.05, 3.63) is 57.3 Å². The number of rotatable bonds is 6. The maximum absolute atomic E-state index is 14.0. The Morgan fingerprint density at radius 1 is 1.18 bits per heavy atom. The van der Waals surface area contributed by atoms with Gasteiger partial charge in [0.1, 0.15) is 16.2 Å². The van der Waals surface area contributed by atoms with Crippen molar-refractivity contribution in [1.82, 2.24) is 20.5 Å². The maximum atomic E-state index is 14.0. The molecule has 1 saturated carbocycles. The second-order valence-electron chi connectivity index (χ2n) is 10.8. The molecule has 1 spiro atoms. The van der Waals surface area contributed by atoms with E-state index in [1.165, 1.54) is 0 Å². The minimum atomic E-state index is -0.560. The maximum Gasteiger partial charge on any atom is 0.253 e. The average Bonchev–Trinajstić information content (AvgIpc) is 3.44. The Kier molecular flexibility index (Phi) is 6.71. The number of nitrogens with zero attached hydrogens (tertiary/aromatic N) is 5. The summed E-state index contributed by atoms with van der Waals surface area (Å²) in [6.07, 6.45) is 5.15. The molecule has 204 valence electrons. The number of ether oxygens (including phenoxy) is 1. The summed E-state index contributed by atoms with van der Waals surface area (Å²) in [5.74, 6) is 1.12. The van der Waals surface area contributed by atoms with Gasteiger partial charge in [-0.3, -0.25) is 14.6 Å². The molecule has 11 heteroatoms. The van der Waals surface area contributed by atoms with Gasteiger partial charge < -0.3 is 19.9 Å². The van der Waals surface area contributed by atoms with Crippen LogP contribution in [0.25, 0.3) is 0 Å². The number of methoxy groups -OCH3 is 1. The van der Waals surface area contributed by atoms with Gasteiger partial charge in [0.15, 0.2) is 0 Å². The summed E-state index contributed by atoms with van der Waals surface area (Å²) in [5, 5.41) is 13.8. The summed E-state index contributed by atoms with van der Waals surface area (Å²) in [5.41, 5.74) is 2.64. The van der Waals surface area contributed by atoms with Gasteiger partial charge in [-0.05, 0) is 63.1 Å². The second-order valence-corrected chi connectivity index (χ2v) is 12.4. The SMILES string of the molecule is COc1ccc2c(c1)N(C[C@H]1CC[C@H](NC(=O)c3cc(Cl)cnc3C)CC1)C(=O)C21CN(c2nnc(C)s2)C1. The first-order valence-corrected chi connectivity index (χ1v) is 14.5. The van der Waals surface area contributed by atoms with Gasteiger partial charge in [-0.1, -0.05) is 29.0 Å². The second kappa shape index (κ2) is 10.1. The van der Waals surface area contributed by atoms with Crippen LogP contribution in [-0.4, -0.2) is 59.8 Å². The summed E-state index contributed by atoms with van der Waals surface area (Å²) >= 11 is 7.61. The van der Waals surface area contributed by atoms with E-state index < -0.39 is 5.41 Å². The quantitative estimate of drug-likeness (QED) is 0.474. The van der Waals surface area contributed by atoms with Crippen molar-refractivity contribution in [2.75, 3.05) is 36.5 Å². The number of carbonyl (C=O) groups excluding carboxylic acids is 2. The van der Waals surface area contributed by atoms with E-state index in [4.69, 9.17) is 16.3 Å². The molecule has 0 atom stereocenters. The number of fused-ring (bicyclic) bond motifs is 2. The highest BCUT2D eigenvalue weighted by atomic mass is 35.5. The van der Waals surface area contributed by atoms with Crippen molar-refractivity contribution in [2.24, 2.45) is 5.92 Å². The van der Waals surface area contributed by atoms with Crippen molar-refractivity contribution in [1.29, 1.82) is 0 Å². The molecule has 39 heavy (non-hydrogen) atoms. The number of anilines is 2. The zero-order valence-corrected chi connectivity index (χ0v) is 23.8. The first kappa shape index (κ1) is 26.0. The van der Waals surface area contributed by atoms with E-state index in [0.717, 1.165) is 52.8 Å². The van der Waals surface area contributed by atoms with Crippen LogP contribution in [0.5, 0.6) is 5.75 Å². The van der Waals surface area contributed by atoms with Gasteiger partial charge in [-0.15, -0.1) is 10.2 Å². The highest BCUT2D eigenvalue weighted by molar-refractivity contribution is 7.15. The van der Waals surface area contributed by atoms with E-state index in [9.17, 15) is 9.59 Å². The van der Waals surface area contributed by atoms with Gasteiger partial charge in [0.05, 0.1) is 29.1 Å². The molecule has 9 nitrogen and oxygen atoms in total. The number of benzene rings is 1. The largest absolute Gasteiger partial charge is 0.497 e. The van der Waals surface area contributed by atoms with Gasteiger partial charge in [0.2, 0.25) is 11.0 Å². The molecular formula is C28H31ClN6O3S. The van der Waals surface area contributed by atoms with Gasteiger partial charge in [0, 0.05) is 37.9 Å². The van der Waals surface area contributed by atoms with Crippen molar-refractivity contribution >= 4 is 45.6 Å². The smallest absolute Gasteiger partial charge is 0.253 e. The lowest BCUT2D eigenvalue weighted by Crippen LogP contribution is -2.64. The highest BCUT2D eigenvalue weighted by Gasteiger charge is 2.59. The highest BCUT2D eigenvalue weighted by Crippen LogP contribution is 2.50. The summed E-state index contributed by atoms with van der Waals surface area (Å²) < 4.78 is 5.51. The van der Waals surface area contributed by atoms with E-state index in [-0.39, 0.29) is 17.9 Å². The Bertz CT molecular complexity index is 1430. The molecule has 3 aromatic rings. The first-order valence-electron chi connectivity index (χ1n) is 13.3. The molecule has 1 saturated heterocycles. The van der Waals surface area contributed by atoms with Gasteiger partial charge in [-0.25, -0.2) is 0 Å². The molecule has 0 unspecified atom stereocenters. The van der Waals surface area contributed by atoms with E-state index in [2.05, 4.69) is 25.4 Å². The molecule has 1 aliphatic carbocycles. The number of pyridine rings is 1. The molecule has 4 heterocycles. The number of carbonyl (C=O) groups is 2. The van der Waals surface area contributed by atoms with Crippen molar-refractivity contribution < 1.29 is 14.3 Å². The third-order valence-electron chi connectivity index (χ3n) is 8.29. The van der Waals surface area contributed by atoms with Gasteiger partial charge in [0.25, 0.3) is 5.91 Å². The fourth-order valence-electron chi connectivity index (χ4n) is 6.14. The molecule has 1 aromatic carbocycles. The zero-order valence-electron chi connectivity index (χ0n) is 22.2. The minimum Gasteiger partial charge on any atom is -0.497 e. The Morgan fingerprint density at radius 2 is 1.95 bits per heavy atom. The number of amides is 2. The lowest BCUT2D eigenvalue weighted by Gasteiger charge is -2.46. The average molecular weight is 567 g/mol. The van der Waals surface area contributed by atoms with E-state index in [0.29, 0.717) is 41.8 Å². The van der Waals surface area contributed by atoms with E-state index in [1.54, 1.807) is 30.7 Å². The topological polar surface area (TPSA) is 101 Å². The number of halogens is 1. The molecule has 2 aromatic heterocycles. The minimum absolute atomic E-state index is 0.0932. The van der Waals surface area contributed by atoms with Crippen LogP contribution in [0.1, 0.15) is 52.3 Å². The summed E-state index contributed by atoms with van der Waals surface area (Å²) in [7, 11) is 1.65. The number of hydrogen-bond acceptors (Lipinski definition) is 8. The van der Waals surface area contributed by atoms with Crippen molar-refractivity contribution in [3.8, 4) is 5.75 Å². The first-order chi connectivity index (χ1) is 18.8. The monoisotopic (exact) mass is 566 g/mol. The molecule has 3 aliphatic rings. The normalized spacial score (nSPS) is 21.6. The Hall–Kier alpha value is -3.24. The van der Waals surface area contributed by atoms with Crippen LogP contribution in [0.2, 0.25) is 5.02 Å². The third-order valence-corrected chi connectivity index (χ3v) is 9.40. The molecule has 2 fully saturated rings. The van der Waals surface area contributed by atoms with Crippen LogP contribution < -0.4 is 19.9 Å². The van der Waals surface area contributed by atoms with Crippen molar-refractivity contribution in [3.63, 3.8) is 0 Å². The fourth-order valence-corrected chi connectivity index (χ4v) is 6.98. The molecule has 2 aliphatic heterocycles. The number of nitrogens with one attached hydrogen (secondary N) is 1. The number of aryl methyl sites for hydroxylation is 2. The standard InChI is InChI=1S/C28H31ClN6O3S/c1-16-22(10-19(29)12-30-16)25(36)31-20-6-4-18(5-7-20)13-35-24-11-21(38-3)8-9-23(24)28(26(35)37)14-34(15-28)27-33-32-17(2)39-27/h8-12,18,20H,4-7,13-15H2,1-3H3,(H,31,36)/t18-,20-. The Labute approximate surface area is 236 Å². The van der Waals surface area contributed by atoms with Crippen LogP contribution in [-0.2, 0) is 10.2 Å². The predicted octanol–water partition coefficient (Wildman–Crippen LogP) is 4.31. The molecular weight excluding hydrogens is 536 g/mol. The van der Waals surface area contributed by atoms with E-state index in [1.807, 2.05) is 36.9 Å². The predicted molar refractivity (Wildman–Crippen MR) is 151 cm³/mol. The molecule has 1 N–H and O–H groups in total. The fraction of sp³-hybridized carbons (Fsp3) is 0.464. The summed E-state index contributed by atoms with van der Waals surface area (Å²) in [4.78, 5) is 35.2. The molecule has 0 radical (unpaired) electrons. The zero-order chi connectivity index (χ0) is 27.3. The summed E-state index contributed by atoms with van der Waals surface area (Å²) in [6.45, 7) is 5.62. The number of hydrogen-bond donors (Lipinski definition) is 1. The molecule has 2 amide bonds. The van der Waals surface area contributed by atoms with Gasteiger partial charge >= 0.3 is 0 Å². The lowest BCUT2D eigenvalue weighted by molar-refractivity contribution is -0.124. The van der Waals surface area contributed by atoms with Crippen LogP contribution in [0.15, 0.2) is 30.5 Å². The molecule has 6 rings (SSSR count). The van der Waals surface area contributed by atoms with Crippen LogP contribution >= 0.6 is 22.9 Å². The van der Waals surface area contributed by atoms with Crippen LogP contribution in [0.3, 0.4) is 0 Å².